The molecule has 9 heteroatoms. The molecule has 1 spiro atoms. The fourth-order valence-corrected chi connectivity index (χ4v) is 5.89. The van der Waals surface area contributed by atoms with Crippen LogP contribution in [0.3, 0.4) is 0 Å². The quantitative estimate of drug-likeness (QED) is 0.567. The monoisotopic (exact) mass is 487 g/mol. The maximum atomic E-state index is 5.03. The summed E-state index contributed by atoms with van der Waals surface area (Å²) < 4.78 is 2.48. The summed E-state index contributed by atoms with van der Waals surface area (Å²) in [5.74, 6) is 2.33. The smallest absolute Gasteiger partial charge is 0.230 e. The van der Waals surface area contributed by atoms with Gasteiger partial charge in [0.15, 0.2) is 0 Å². The maximum absolute atomic E-state index is 5.03. The second-order valence-electron chi connectivity index (χ2n) is 10.5. The first-order chi connectivity index (χ1) is 17.6. The van der Waals surface area contributed by atoms with E-state index in [-0.39, 0.29) is 5.54 Å². The van der Waals surface area contributed by atoms with Crippen LogP contribution in [0.15, 0.2) is 35.6 Å². The van der Waals surface area contributed by atoms with Crippen molar-refractivity contribution >= 4 is 34.3 Å². The molecule has 190 valence electrons. The second kappa shape index (κ2) is 9.69. The van der Waals surface area contributed by atoms with Crippen LogP contribution < -0.4 is 15.5 Å². The minimum atomic E-state index is 0.0146. The molecule has 6 rings (SSSR count). The van der Waals surface area contributed by atoms with Crippen molar-refractivity contribution in [2.24, 2.45) is 4.99 Å². The van der Waals surface area contributed by atoms with Gasteiger partial charge >= 0.3 is 0 Å². The lowest BCUT2D eigenvalue weighted by atomic mass is 9.80. The molecule has 2 fully saturated rings. The van der Waals surface area contributed by atoms with Gasteiger partial charge in [0.1, 0.15) is 17.3 Å². The highest BCUT2D eigenvalue weighted by molar-refractivity contribution is 6.02. The average molecular weight is 488 g/mol. The van der Waals surface area contributed by atoms with E-state index in [4.69, 9.17) is 9.98 Å². The van der Waals surface area contributed by atoms with Crippen molar-refractivity contribution in [3.05, 3.63) is 36.3 Å². The average Bonchev–Trinajstić information content (AvgIpc) is 3.30. The number of fused-ring (bicyclic) bond motifs is 4. The molecular formula is C27H37N9. The van der Waals surface area contributed by atoms with Crippen LogP contribution in [0, 0.1) is 0 Å². The Balaban J connectivity index is 1.29. The Morgan fingerprint density at radius 2 is 1.83 bits per heavy atom. The van der Waals surface area contributed by atoms with E-state index in [1.54, 1.807) is 0 Å². The van der Waals surface area contributed by atoms with Crippen molar-refractivity contribution in [1.82, 2.24) is 29.7 Å². The van der Waals surface area contributed by atoms with Crippen molar-refractivity contribution in [2.45, 2.75) is 51.0 Å². The predicted octanol–water partition coefficient (Wildman–Crippen LogP) is 3.74. The van der Waals surface area contributed by atoms with Crippen molar-refractivity contribution in [3.8, 4) is 0 Å². The number of amidine groups is 1. The van der Waals surface area contributed by atoms with Crippen LogP contribution in [0.1, 0.15) is 51.1 Å². The summed E-state index contributed by atoms with van der Waals surface area (Å²) in [6, 6.07) is 6.37. The SMILES string of the molecule is CCCNC1=NCC2(CCCCC2)n2c1cc1cnc(Nc3ccc(N4CCN(C)CC4)cn3)nc12. The number of pyridine rings is 1. The standard InChI is InChI=1S/C27H37N9/c1-3-11-28-24-22-16-20-17-30-26(33-25(20)36(22)27(19-31-24)9-5-4-6-10-27)32-23-8-7-21(18-29-23)35-14-12-34(2)13-15-35/h7-8,16-18H,3-6,9-15,19H2,1-2H3,(H,28,31)(H,29,30,32,33). The third-order valence-electron chi connectivity index (χ3n) is 7.97. The normalized spacial score (nSPS) is 19.8. The van der Waals surface area contributed by atoms with Gasteiger partial charge in [-0.2, -0.15) is 4.98 Å². The van der Waals surface area contributed by atoms with Crippen molar-refractivity contribution < 1.29 is 0 Å². The van der Waals surface area contributed by atoms with E-state index in [0.29, 0.717) is 5.95 Å². The van der Waals surface area contributed by atoms with Crippen LogP contribution in [0.4, 0.5) is 17.5 Å². The van der Waals surface area contributed by atoms with Gasteiger partial charge in [0.2, 0.25) is 5.95 Å². The summed E-state index contributed by atoms with van der Waals surface area (Å²) >= 11 is 0. The zero-order chi connectivity index (χ0) is 24.5. The van der Waals surface area contributed by atoms with E-state index in [1.165, 1.54) is 19.3 Å². The number of hydrogen-bond acceptors (Lipinski definition) is 8. The van der Waals surface area contributed by atoms with E-state index in [0.717, 1.165) is 92.6 Å². The highest BCUT2D eigenvalue weighted by Gasteiger charge is 2.40. The van der Waals surface area contributed by atoms with E-state index < -0.39 is 0 Å². The minimum absolute atomic E-state index is 0.0146. The summed E-state index contributed by atoms with van der Waals surface area (Å²) in [6.07, 6.45) is 11.0. The Morgan fingerprint density at radius 3 is 2.58 bits per heavy atom. The molecule has 1 saturated carbocycles. The van der Waals surface area contributed by atoms with E-state index in [1.807, 2.05) is 18.5 Å². The van der Waals surface area contributed by atoms with Crippen LogP contribution in [0.25, 0.3) is 11.0 Å². The van der Waals surface area contributed by atoms with Crippen molar-refractivity contribution in [2.75, 3.05) is 56.5 Å². The Bertz CT molecular complexity index is 1230. The second-order valence-corrected chi connectivity index (χ2v) is 10.5. The summed E-state index contributed by atoms with van der Waals surface area (Å²) in [5, 5.41) is 7.96. The van der Waals surface area contributed by atoms with Gasteiger partial charge in [-0.15, -0.1) is 0 Å². The van der Waals surface area contributed by atoms with Gasteiger partial charge in [-0.05, 0) is 44.5 Å². The van der Waals surface area contributed by atoms with Gasteiger partial charge in [-0.25, -0.2) is 9.97 Å². The Labute approximate surface area is 213 Å². The van der Waals surface area contributed by atoms with Crippen LogP contribution in [-0.2, 0) is 5.54 Å². The fraction of sp³-hybridized carbons (Fsp3) is 0.556. The number of nitrogens with one attached hydrogen (secondary N) is 2. The molecule has 0 bridgehead atoms. The number of aromatic nitrogens is 4. The Morgan fingerprint density at radius 1 is 1.00 bits per heavy atom. The number of likely N-dealkylation sites (N-methyl/N-ethyl adjacent to an activating group) is 1. The lowest BCUT2D eigenvalue weighted by Gasteiger charge is -2.41. The molecule has 0 radical (unpaired) electrons. The van der Waals surface area contributed by atoms with Crippen LogP contribution in [0.5, 0.6) is 0 Å². The number of nitrogens with zero attached hydrogens (tertiary/aromatic N) is 7. The third-order valence-corrected chi connectivity index (χ3v) is 7.97. The van der Waals surface area contributed by atoms with Gasteiger partial charge < -0.3 is 25.0 Å². The lowest BCUT2D eigenvalue weighted by molar-refractivity contribution is 0.203. The van der Waals surface area contributed by atoms with Gasteiger partial charge in [0, 0.05) is 44.3 Å². The topological polar surface area (TPSA) is 86.5 Å². The van der Waals surface area contributed by atoms with Crippen LogP contribution >= 0.6 is 0 Å². The lowest BCUT2D eigenvalue weighted by Crippen LogP contribution is -2.46. The number of piperazine rings is 1. The summed E-state index contributed by atoms with van der Waals surface area (Å²) in [5.41, 5.74) is 3.31. The highest BCUT2D eigenvalue weighted by atomic mass is 15.3. The predicted molar refractivity (Wildman–Crippen MR) is 146 cm³/mol. The Kier molecular flexibility index (Phi) is 6.25. The third kappa shape index (κ3) is 4.30. The van der Waals surface area contributed by atoms with Gasteiger partial charge in [-0.1, -0.05) is 26.2 Å². The van der Waals surface area contributed by atoms with Gasteiger partial charge in [0.25, 0.3) is 0 Å². The molecule has 9 nitrogen and oxygen atoms in total. The number of aliphatic imine (C=N–C) groups is 1. The van der Waals surface area contributed by atoms with E-state index in [2.05, 4.69) is 61.1 Å². The number of anilines is 3. The summed E-state index contributed by atoms with van der Waals surface area (Å²) in [7, 11) is 2.17. The highest BCUT2D eigenvalue weighted by Crippen LogP contribution is 2.41. The molecule has 3 aliphatic rings. The molecule has 3 aromatic rings. The molecular weight excluding hydrogens is 450 g/mol. The summed E-state index contributed by atoms with van der Waals surface area (Å²) in [6.45, 7) is 8.15. The van der Waals surface area contributed by atoms with Gasteiger partial charge in [0.05, 0.1) is 29.7 Å². The van der Waals surface area contributed by atoms with E-state index in [9.17, 15) is 0 Å². The minimum Gasteiger partial charge on any atom is -0.369 e. The van der Waals surface area contributed by atoms with Crippen LogP contribution in [0.2, 0.25) is 0 Å². The van der Waals surface area contributed by atoms with Crippen molar-refractivity contribution in [1.29, 1.82) is 0 Å². The zero-order valence-corrected chi connectivity index (χ0v) is 21.5. The molecule has 36 heavy (non-hydrogen) atoms. The number of rotatable bonds is 5. The molecule has 2 N–H and O–H groups in total. The first-order valence-corrected chi connectivity index (χ1v) is 13.5. The molecule has 5 heterocycles. The Hall–Kier alpha value is -3.20. The largest absolute Gasteiger partial charge is 0.369 e. The van der Waals surface area contributed by atoms with Crippen molar-refractivity contribution in [3.63, 3.8) is 0 Å². The molecule has 1 saturated heterocycles. The molecule has 0 amide bonds. The molecule has 0 aromatic carbocycles. The van der Waals surface area contributed by atoms with Gasteiger partial charge in [-0.3, -0.25) is 4.99 Å². The first-order valence-electron chi connectivity index (χ1n) is 13.5. The zero-order valence-electron chi connectivity index (χ0n) is 21.5. The first kappa shape index (κ1) is 23.2. The molecule has 0 atom stereocenters. The molecule has 1 aliphatic carbocycles. The molecule has 2 aliphatic heterocycles. The number of hydrogen-bond donors (Lipinski definition) is 2. The fourth-order valence-electron chi connectivity index (χ4n) is 5.89. The van der Waals surface area contributed by atoms with Crippen LogP contribution in [-0.4, -0.2) is 76.6 Å². The molecule has 3 aromatic heterocycles. The maximum Gasteiger partial charge on any atom is 0.230 e. The summed E-state index contributed by atoms with van der Waals surface area (Å²) in [4.78, 5) is 24.1. The molecule has 0 unspecified atom stereocenters. The van der Waals surface area contributed by atoms with E-state index >= 15 is 0 Å².